The number of fused-ring (bicyclic) bond motifs is 1. The van der Waals surface area contributed by atoms with Crippen LogP contribution in [0.2, 0.25) is 0 Å². The van der Waals surface area contributed by atoms with Crippen molar-refractivity contribution in [1.82, 2.24) is 20.4 Å². The van der Waals surface area contributed by atoms with Crippen LogP contribution in [0, 0.1) is 0 Å². The number of carbonyl (C=O) groups is 1. The fourth-order valence-electron chi connectivity index (χ4n) is 3.39. The Labute approximate surface area is 131 Å². The highest BCUT2D eigenvalue weighted by atomic mass is 16.6. The third-order valence-corrected chi connectivity index (χ3v) is 4.58. The average Bonchev–Trinajstić information content (AvgIpc) is 2.95. The molecule has 6 nitrogen and oxygen atoms in total. The van der Waals surface area contributed by atoms with E-state index in [1.807, 2.05) is 24.9 Å². The number of piperidine rings is 1. The van der Waals surface area contributed by atoms with E-state index in [1.54, 1.807) is 0 Å². The van der Waals surface area contributed by atoms with Gasteiger partial charge in [-0.2, -0.15) is 5.10 Å². The van der Waals surface area contributed by atoms with Gasteiger partial charge in [0.15, 0.2) is 0 Å². The van der Waals surface area contributed by atoms with Crippen LogP contribution in [0.25, 0.3) is 0 Å². The second-order valence-corrected chi connectivity index (χ2v) is 6.67. The Hall–Kier alpha value is -1.56. The first kappa shape index (κ1) is 15.3. The molecular formula is C16H26N4O2. The lowest BCUT2D eigenvalue weighted by Gasteiger charge is -2.35. The van der Waals surface area contributed by atoms with Crippen LogP contribution in [-0.4, -0.2) is 52.5 Å². The molecule has 1 aromatic rings. The maximum Gasteiger partial charge on any atom is 0.410 e. The third kappa shape index (κ3) is 3.61. The average molecular weight is 306 g/mol. The molecule has 0 saturated carbocycles. The molecule has 1 amide bonds. The van der Waals surface area contributed by atoms with Crippen LogP contribution in [0.3, 0.4) is 0 Å². The minimum absolute atomic E-state index is 0.0470. The summed E-state index contributed by atoms with van der Waals surface area (Å²) in [5, 5.41) is 11.0. The van der Waals surface area contributed by atoms with Crippen LogP contribution in [0.15, 0.2) is 6.20 Å². The number of H-pyrrole nitrogens is 1. The number of likely N-dealkylation sites (tertiary alicyclic amines) is 1. The lowest BCUT2D eigenvalue weighted by atomic mass is 9.92. The van der Waals surface area contributed by atoms with Crippen molar-refractivity contribution >= 4 is 6.09 Å². The highest BCUT2D eigenvalue weighted by Crippen LogP contribution is 2.21. The molecular weight excluding hydrogens is 280 g/mol. The van der Waals surface area contributed by atoms with Crippen molar-refractivity contribution < 1.29 is 9.53 Å². The first-order valence-electron chi connectivity index (χ1n) is 8.34. The topological polar surface area (TPSA) is 70.2 Å². The Morgan fingerprint density at radius 2 is 2.14 bits per heavy atom. The molecule has 1 fully saturated rings. The molecule has 0 aromatic carbocycles. The quantitative estimate of drug-likeness (QED) is 0.894. The van der Waals surface area contributed by atoms with Gasteiger partial charge in [-0.1, -0.05) is 0 Å². The Balaban J connectivity index is 1.44. The normalized spacial score (nSPS) is 22.7. The molecule has 0 bridgehead atoms. The van der Waals surface area contributed by atoms with Crippen LogP contribution < -0.4 is 5.32 Å². The maximum atomic E-state index is 11.9. The zero-order valence-corrected chi connectivity index (χ0v) is 13.5. The van der Waals surface area contributed by atoms with Crippen molar-refractivity contribution in [3.63, 3.8) is 0 Å². The van der Waals surface area contributed by atoms with Crippen LogP contribution in [0.1, 0.15) is 44.4 Å². The first-order valence-corrected chi connectivity index (χ1v) is 8.34. The molecule has 0 radical (unpaired) electrons. The number of nitrogens with one attached hydrogen (secondary N) is 2. The Kier molecular flexibility index (Phi) is 4.66. The van der Waals surface area contributed by atoms with Gasteiger partial charge in [-0.25, -0.2) is 4.79 Å². The predicted octanol–water partition coefficient (Wildman–Crippen LogP) is 1.87. The molecule has 1 aliphatic heterocycles. The summed E-state index contributed by atoms with van der Waals surface area (Å²) in [7, 11) is 0. The van der Waals surface area contributed by atoms with Crippen LogP contribution in [-0.2, 0) is 17.6 Å². The van der Waals surface area contributed by atoms with Crippen LogP contribution in [0.5, 0.6) is 0 Å². The Morgan fingerprint density at radius 3 is 2.86 bits per heavy atom. The van der Waals surface area contributed by atoms with E-state index >= 15 is 0 Å². The largest absolute Gasteiger partial charge is 0.447 e. The fraction of sp³-hybridized carbons (Fsp3) is 0.750. The summed E-state index contributed by atoms with van der Waals surface area (Å²) < 4.78 is 5.26. The van der Waals surface area contributed by atoms with E-state index in [1.165, 1.54) is 17.7 Å². The number of rotatable bonds is 3. The number of nitrogens with zero attached hydrogens (tertiary/aromatic N) is 2. The van der Waals surface area contributed by atoms with Gasteiger partial charge in [-0.05, 0) is 45.1 Å². The van der Waals surface area contributed by atoms with Gasteiger partial charge in [0.1, 0.15) is 0 Å². The third-order valence-electron chi connectivity index (χ3n) is 4.58. The lowest BCUT2D eigenvalue weighted by molar-refractivity contribution is 0.0671. The van der Waals surface area contributed by atoms with E-state index in [-0.39, 0.29) is 12.2 Å². The molecule has 6 heteroatoms. The summed E-state index contributed by atoms with van der Waals surface area (Å²) in [6, 6.07) is 1.02. The van der Waals surface area contributed by atoms with Crippen LogP contribution >= 0.6 is 0 Å². The molecule has 22 heavy (non-hydrogen) atoms. The van der Waals surface area contributed by atoms with Gasteiger partial charge in [-0.3, -0.25) is 5.10 Å². The molecule has 2 aliphatic rings. The number of hydrogen-bond acceptors (Lipinski definition) is 4. The van der Waals surface area contributed by atoms with Crippen molar-refractivity contribution in [1.29, 1.82) is 0 Å². The molecule has 1 atom stereocenters. The number of ether oxygens (including phenoxy) is 1. The summed E-state index contributed by atoms with van der Waals surface area (Å²) in [4.78, 5) is 13.7. The van der Waals surface area contributed by atoms with E-state index in [2.05, 4.69) is 15.5 Å². The van der Waals surface area contributed by atoms with Gasteiger partial charge in [0.25, 0.3) is 0 Å². The second-order valence-electron chi connectivity index (χ2n) is 6.67. The summed E-state index contributed by atoms with van der Waals surface area (Å²) in [5.41, 5.74) is 2.64. The van der Waals surface area contributed by atoms with Gasteiger partial charge in [0, 0.05) is 37.3 Å². The number of carbonyl (C=O) groups excluding carboxylic acids is 1. The smallest absolute Gasteiger partial charge is 0.410 e. The van der Waals surface area contributed by atoms with Gasteiger partial charge in [-0.15, -0.1) is 0 Å². The van der Waals surface area contributed by atoms with E-state index in [0.717, 1.165) is 38.8 Å². The number of aromatic amines is 1. The number of aryl methyl sites for hydroxylation is 1. The van der Waals surface area contributed by atoms with Crippen molar-refractivity contribution in [3.05, 3.63) is 17.5 Å². The molecule has 0 unspecified atom stereocenters. The summed E-state index contributed by atoms with van der Waals surface area (Å²) in [6.07, 6.45) is 7.03. The number of amides is 1. The highest BCUT2D eigenvalue weighted by molar-refractivity contribution is 5.67. The SMILES string of the molecule is CC(C)OC(=O)N1CCC(N[C@H]2CCc3cn[nH]c3C2)CC1. The van der Waals surface area contributed by atoms with Gasteiger partial charge in [0.2, 0.25) is 0 Å². The second kappa shape index (κ2) is 6.69. The van der Waals surface area contributed by atoms with Gasteiger partial charge in [0.05, 0.1) is 12.3 Å². The Morgan fingerprint density at radius 1 is 1.36 bits per heavy atom. The molecule has 3 rings (SSSR count). The fourth-order valence-corrected chi connectivity index (χ4v) is 3.39. The highest BCUT2D eigenvalue weighted by Gasteiger charge is 2.27. The van der Waals surface area contributed by atoms with E-state index in [9.17, 15) is 4.79 Å². The minimum atomic E-state index is -0.173. The zero-order chi connectivity index (χ0) is 15.5. The number of aromatic nitrogens is 2. The van der Waals surface area contributed by atoms with Crippen molar-refractivity contribution in [2.75, 3.05) is 13.1 Å². The van der Waals surface area contributed by atoms with Crippen LogP contribution in [0.4, 0.5) is 4.79 Å². The van der Waals surface area contributed by atoms with Gasteiger partial charge < -0.3 is 15.0 Å². The van der Waals surface area contributed by atoms with Crippen molar-refractivity contribution in [2.45, 2.75) is 64.1 Å². The summed E-state index contributed by atoms with van der Waals surface area (Å²) in [5.74, 6) is 0. The molecule has 122 valence electrons. The van der Waals surface area contributed by atoms with E-state index in [0.29, 0.717) is 12.1 Å². The van der Waals surface area contributed by atoms with Crippen molar-refractivity contribution in [2.24, 2.45) is 0 Å². The molecule has 0 spiro atoms. The molecule has 1 aliphatic carbocycles. The monoisotopic (exact) mass is 306 g/mol. The van der Waals surface area contributed by atoms with E-state index < -0.39 is 0 Å². The van der Waals surface area contributed by atoms with Gasteiger partial charge >= 0.3 is 6.09 Å². The predicted molar refractivity (Wildman–Crippen MR) is 83.7 cm³/mol. The standard InChI is InChI=1S/C16H26N4O2/c1-11(2)22-16(21)20-7-5-13(6-8-20)18-14-4-3-12-10-17-19-15(12)9-14/h10-11,13-14,18H,3-9H2,1-2H3,(H,17,19)/t14-/m0/s1. The maximum absolute atomic E-state index is 11.9. The Bertz CT molecular complexity index is 506. The molecule has 2 N–H and O–H groups in total. The van der Waals surface area contributed by atoms with Crippen molar-refractivity contribution in [3.8, 4) is 0 Å². The lowest BCUT2D eigenvalue weighted by Crippen LogP contribution is -2.49. The molecule has 1 saturated heterocycles. The number of hydrogen-bond donors (Lipinski definition) is 2. The summed E-state index contributed by atoms with van der Waals surface area (Å²) >= 11 is 0. The first-order chi connectivity index (χ1) is 10.6. The molecule has 2 heterocycles. The minimum Gasteiger partial charge on any atom is -0.447 e. The zero-order valence-electron chi connectivity index (χ0n) is 13.5. The summed E-state index contributed by atoms with van der Waals surface area (Å²) in [6.45, 7) is 5.34. The molecule has 1 aromatic heterocycles. The van der Waals surface area contributed by atoms with E-state index in [4.69, 9.17) is 4.74 Å².